The summed E-state index contributed by atoms with van der Waals surface area (Å²) in [6, 6.07) is 12.3. The minimum atomic E-state index is -0.255. The summed E-state index contributed by atoms with van der Waals surface area (Å²) in [6.07, 6.45) is 0.755. The monoisotopic (exact) mass is 245 g/mol. The second-order valence-electron chi connectivity index (χ2n) is 4.13. The number of halogens is 1. The van der Waals surface area contributed by atoms with Crippen molar-refractivity contribution in [2.45, 2.75) is 6.42 Å². The van der Waals surface area contributed by atoms with E-state index in [0.717, 1.165) is 23.1 Å². The van der Waals surface area contributed by atoms with Crippen LogP contribution in [0.15, 0.2) is 42.5 Å². The Labute approximate surface area is 106 Å². The Hall–Kier alpha value is -1.87. The molecule has 0 aromatic heterocycles. The van der Waals surface area contributed by atoms with Crippen molar-refractivity contribution in [1.29, 1.82) is 0 Å². The molecular formula is C15H16FNO. The van der Waals surface area contributed by atoms with E-state index in [1.165, 1.54) is 12.1 Å². The van der Waals surface area contributed by atoms with Crippen LogP contribution in [0.3, 0.4) is 0 Å². The Morgan fingerprint density at radius 3 is 2.67 bits per heavy atom. The van der Waals surface area contributed by atoms with Crippen LogP contribution in [0.1, 0.15) is 5.56 Å². The maximum absolute atomic E-state index is 13.2. The van der Waals surface area contributed by atoms with Crippen molar-refractivity contribution in [3.8, 4) is 11.1 Å². The van der Waals surface area contributed by atoms with Gasteiger partial charge >= 0.3 is 0 Å². The molecule has 0 amide bonds. The van der Waals surface area contributed by atoms with Crippen LogP contribution in [0.5, 0.6) is 0 Å². The summed E-state index contributed by atoms with van der Waals surface area (Å²) >= 11 is 0. The van der Waals surface area contributed by atoms with Crippen molar-refractivity contribution >= 4 is 5.69 Å². The van der Waals surface area contributed by atoms with E-state index < -0.39 is 0 Å². The van der Waals surface area contributed by atoms with Gasteiger partial charge in [0.2, 0.25) is 0 Å². The fourth-order valence-corrected chi connectivity index (χ4v) is 1.95. The Kier molecular flexibility index (Phi) is 3.95. The molecule has 0 atom stereocenters. The minimum absolute atomic E-state index is 0.255. The van der Waals surface area contributed by atoms with Gasteiger partial charge in [0.1, 0.15) is 5.82 Å². The van der Waals surface area contributed by atoms with Gasteiger partial charge in [-0.1, -0.05) is 30.3 Å². The lowest BCUT2D eigenvalue weighted by atomic mass is 9.99. The molecular weight excluding hydrogens is 229 g/mol. The average Bonchev–Trinajstić information content (AvgIpc) is 2.37. The van der Waals surface area contributed by atoms with Gasteiger partial charge in [0.25, 0.3) is 0 Å². The van der Waals surface area contributed by atoms with Crippen molar-refractivity contribution in [3.63, 3.8) is 0 Å². The zero-order valence-electron chi connectivity index (χ0n) is 10.3. The van der Waals surface area contributed by atoms with Crippen LogP contribution < -0.4 is 5.73 Å². The standard InChI is InChI=1S/C15H16FNO/c1-18-9-8-11-4-3-7-14(15(11)17)12-5-2-6-13(16)10-12/h2-7,10H,8-9,17H2,1H3. The average molecular weight is 245 g/mol. The second-order valence-corrected chi connectivity index (χ2v) is 4.13. The normalized spacial score (nSPS) is 10.6. The van der Waals surface area contributed by atoms with E-state index in [1.807, 2.05) is 24.3 Å². The summed E-state index contributed by atoms with van der Waals surface area (Å²) < 4.78 is 18.3. The molecule has 94 valence electrons. The SMILES string of the molecule is COCCc1cccc(-c2cccc(F)c2)c1N. The number of nitrogen functional groups attached to an aromatic ring is 1. The number of methoxy groups -OCH3 is 1. The maximum Gasteiger partial charge on any atom is 0.123 e. The number of hydrogen-bond acceptors (Lipinski definition) is 2. The predicted octanol–water partition coefficient (Wildman–Crippen LogP) is 3.26. The zero-order valence-corrected chi connectivity index (χ0v) is 10.3. The summed E-state index contributed by atoms with van der Waals surface area (Å²) in [5, 5.41) is 0. The molecule has 0 radical (unpaired) electrons. The third-order valence-electron chi connectivity index (χ3n) is 2.91. The summed E-state index contributed by atoms with van der Waals surface area (Å²) in [6.45, 7) is 0.622. The van der Waals surface area contributed by atoms with Crippen LogP contribution in [0.2, 0.25) is 0 Å². The van der Waals surface area contributed by atoms with Gasteiger partial charge in [-0.2, -0.15) is 0 Å². The fraction of sp³-hybridized carbons (Fsp3) is 0.200. The third kappa shape index (κ3) is 2.68. The first kappa shape index (κ1) is 12.6. The first-order valence-corrected chi connectivity index (χ1v) is 5.84. The molecule has 2 aromatic rings. The summed E-state index contributed by atoms with van der Waals surface area (Å²) in [5.74, 6) is -0.255. The van der Waals surface area contributed by atoms with Crippen LogP contribution in [0.4, 0.5) is 10.1 Å². The van der Waals surface area contributed by atoms with Crippen LogP contribution in [-0.4, -0.2) is 13.7 Å². The summed E-state index contributed by atoms with van der Waals surface area (Å²) in [7, 11) is 1.66. The van der Waals surface area contributed by atoms with E-state index >= 15 is 0 Å². The molecule has 0 heterocycles. The van der Waals surface area contributed by atoms with Crippen molar-refractivity contribution in [2.75, 3.05) is 19.5 Å². The highest BCUT2D eigenvalue weighted by atomic mass is 19.1. The molecule has 0 saturated heterocycles. The number of ether oxygens (including phenoxy) is 1. The van der Waals surface area contributed by atoms with Crippen molar-refractivity contribution in [2.24, 2.45) is 0 Å². The van der Waals surface area contributed by atoms with E-state index in [0.29, 0.717) is 12.3 Å². The number of anilines is 1. The smallest absolute Gasteiger partial charge is 0.123 e. The summed E-state index contributed by atoms with van der Waals surface area (Å²) in [5.41, 5.74) is 9.51. The molecule has 0 aliphatic carbocycles. The van der Waals surface area contributed by atoms with Gasteiger partial charge in [0.05, 0.1) is 6.61 Å². The lowest BCUT2D eigenvalue weighted by Crippen LogP contribution is -2.01. The van der Waals surface area contributed by atoms with Gasteiger partial charge in [-0.3, -0.25) is 0 Å². The Bertz CT molecular complexity index is 540. The Morgan fingerprint density at radius 1 is 1.17 bits per heavy atom. The Balaban J connectivity index is 2.39. The lowest BCUT2D eigenvalue weighted by molar-refractivity contribution is 0.202. The first-order chi connectivity index (χ1) is 8.72. The molecule has 0 aliphatic rings. The molecule has 18 heavy (non-hydrogen) atoms. The Morgan fingerprint density at radius 2 is 1.94 bits per heavy atom. The molecule has 2 rings (SSSR count). The van der Waals surface area contributed by atoms with E-state index in [1.54, 1.807) is 13.2 Å². The highest BCUT2D eigenvalue weighted by Crippen LogP contribution is 2.29. The second kappa shape index (κ2) is 5.65. The van der Waals surface area contributed by atoms with Gasteiger partial charge in [-0.25, -0.2) is 4.39 Å². The number of benzene rings is 2. The first-order valence-electron chi connectivity index (χ1n) is 5.84. The van der Waals surface area contributed by atoms with E-state index in [9.17, 15) is 4.39 Å². The third-order valence-corrected chi connectivity index (χ3v) is 2.91. The molecule has 2 N–H and O–H groups in total. The van der Waals surface area contributed by atoms with Crippen molar-refractivity contribution < 1.29 is 9.13 Å². The lowest BCUT2D eigenvalue weighted by Gasteiger charge is -2.11. The molecule has 0 unspecified atom stereocenters. The predicted molar refractivity (Wildman–Crippen MR) is 71.8 cm³/mol. The fourth-order valence-electron chi connectivity index (χ4n) is 1.95. The van der Waals surface area contributed by atoms with Crippen LogP contribution in [-0.2, 0) is 11.2 Å². The molecule has 2 nitrogen and oxygen atoms in total. The number of nitrogens with two attached hydrogens (primary N) is 1. The highest BCUT2D eigenvalue weighted by molar-refractivity contribution is 5.78. The molecule has 2 aromatic carbocycles. The molecule has 0 aliphatic heterocycles. The zero-order chi connectivity index (χ0) is 13.0. The topological polar surface area (TPSA) is 35.2 Å². The van der Waals surface area contributed by atoms with E-state index in [2.05, 4.69) is 0 Å². The largest absolute Gasteiger partial charge is 0.398 e. The van der Waals surface area contributed by atoms with E-state index in [4.69, 9.17) is 10.5 Å². The molecule has 3 heteroatoms. The van der Waals surface area contributed by atoms with E-state index in [-0.39, 0.29) is 5.82 Å². The molecule has 0 spiro atoms. The molecule has 0 bridgehead atoms. The van der Waals surface area contributed by atoms with Crippen molar-refractivity contribution in [1.82, 2.24) is 0 Å². The van der Waals surface area contributed by atoms with Crippen LogP contribution >= 0.6 is 0 Å². The number of rotatable bonds is 4. The molecule has 0 saturated carbocycles. The quantitative estimate of drug-likeness (QED) is 0.839. The van der Waals surface area contributed by atoms with Gasteiger partial charge < -0.3 is 10.5 Å². The van der Waals surface area contributed by atoms with Gasteiger partial charge in [-0.15, -0.1) is 0 Å². The van der Waals surface area contributed by atoms with Crippen LogP contribution in [0.25, 0.3) is 11.1 Å². The number of hydrogen-bond donors (Lipinski definition) is 1. The van der Waals surface area contributed by atoms with Crippen molar-refractivity contribution in [3.05, 3.63) is 53.8 Å². The van der Waals surface area contributed by atoms with Gasteiger partial charge in [0, 0.05) is 18.4 Å². The van der Waals surface area contributed by atoms with Gasteiger partial charge in [-0.05, 0) is 29.7 Å². The minimum Gasteiger partial charge on any atom is -0.398 e. The number of para-hydroxylation sites is 1. The summed E-state index contributed by atoms with van der Waals surface area (Å²) in [4.78, 5) is 0. The maximum atomic E-state index is 13.2. The molecule has 0 fully saturated rings. The van der Waals surface area contributed by atoms with Gasteiger partial charge in [0.15, 0.2) is 0 Å². The van der Waals surface area contributed by atoms with Crippen LogP contribution in [0, 0.1) is 5.82 Å². The highest BCUT2D eigenvalue weighted by Gasteiger charge is 2.07.